The van der Waals surface area contributed by atoms with Gasteiger partial charge < -0.3 is 0 Å². The van der Waals surface area contributed by atoms with E-state index < -0.39 is 23.2 Å². The number of alkyl halides is 3. The fourth-order valence-corrected chi connectivity index (χ4v) is 3.57. The average molecular weight is 369 g/mol. The molecule has 2 heterocycles. The van der Waals surface area contributed by atoms with Crippen LogP contribution < -0.4 is 5.32 Å². The number of carbonyl (C=O) groups excluding carboxylic acids is 1. The Kier molecular flexibility index (Phi) is 5.39. The number of benzene rings is 1. The molecular formula is C17H18F3N3OS. The normalized spacial score (nSPS) is 16.0. The number of piperidine rings is 1. The minimum absolute atomic E-state index is 0.314. The molecule has 1 aromatic heterocycles. The van der Waals surface area contributed by atoms with E-state index in [2.05, 4.69) is 15.2 Å². The first kappa shape index (κ1) is 17.9. The maximum atomic E-state index is 13.0. The van der Waals surface area contributed by atoms with Gasteiger partial charge in [0.05, 0.1) is 16.8 Å². The van der Waals surface area contributed by atoms with Gasteiger partial charge in [0.2, 0.25) is 0 Å². The maximum absolute atomic E-state index is 13.0. The van der Waals surface area contributed by atoms with Crippen LogP contribution in [0.3, 0.4) is 0 Å². The maximum Gasteiger partial charge on any atom is 0.417 e. The topological polar surface area (TPSA) is 45.2 Å². The molecule has 1 aromatic carbocycles. The highest BCUT2D eigenvalue weighted by atomic mass is 32.1. The number of thiazole rings is 1. The lowest BCUT2D eigenvalue weighted by molar-refractivity contribution is -0.137. The molecule has 1 fully saturated rings. The Bertz CT molecular complexity index is 739. The molecule has 1 saturated heterocycles. The van der Waals surface area contributed by atoms with E-state index in [1.165, 1.54) is 48.8 Å². The third kappa shape index (κ3) is 4.58. The number of rotatable bonds is 4. The smallest absolute Gasteiger partial charge is 0.298 e. The largest absolute Gasteiger partial charge is 0.417 e. The molecular weight excluding hydrogens is 351 g/mol. The molecule has 4 nitrogen and oxygen atoms in total. The van der Waals surface area contributed by atoms with Gasteiger partial charge in [0, 0.05) is 11.9 Å². The molecule has 0 unspecified atom stereocenters. The highest BCUT2D eigenvalue weighted by Gasteiger charge is 2.34. The van der Waals surface area contributed by atoms with E-state index in [0.29, 0.717) is 11.7 Å². The Hall–Kier alpha value is -1.93. The quantitative estimate of drug-likeness (QED) is 0.869. The average Bonchev–Trinajstić information content (AvgIpc) is 3.02. The summed E-state index contributed by atoms with van der Waals surface area (Å²) in [5.41, 5.74) is -0.522. The van der Waals surface area contributed by atoms with E-state index in [0.717, 1.165) is 24.8 Å². The van der Waals surface area contributed by atoms with Crippen LogP contribution in [0.1, 0.15) is 40.9 Å². The van der Waals surface area contributed by atoms with Crippen LogP contribution in [0.25, 0.3) is 0 Å². The molecule has 0 saturated carbocycles. The molecule has 1 N–H and O–H groups in total. The summed E-state index contributed by atoms with van der Waals surface area (Å²) >= 11 is 1.22. The molecule has 1 aliphatic rings. The van der Waals surface area contributed by atoms with Crippen molar-refractivity contribution in [3.63, 3.8) is 0 Å². The lowest BCUT2D eigenvalue weighted by Crippen LogP contribution is -2.29. The molecule has 8 heteroatoms. The van der Waals surface area contributed by atoms with Gasteiger partial charge in [0.25, 0.3) is 5.91 Å². The predicted octanol–water partition coefficient (Wildman–Crippen LogP) is 4.40. The second-order valence-corrected chi connectivity index (χ2v) is 6.84. The van der Waals surface area contributed by atoms with Crippen molar-refractivity contribution >= 4 is 22.4 Å². The number of hydrogen-bond acceptors (Lipinski definition) is 4. The number of amides is 1. The summed E-state index contributed by atoms with van der Waals surface area (Å²) in [4.78, 5) is 18.8. The van der Waals surface area contributed by atoms with Crippen molar-refractivity contribution in [3.8, 4) is 0 Å². The number of hydrogen-bond donors (Lipinski definition) is 1. The van der Waals surface area contributed by atoms with Gasteiger partial charge in [-0.1, -0.05) is 18.6 Å². The van der Waals surface area contributed by atoms with E-state index in [9.17, 15) is 18.0 Å². The van der Waals surface area contributed by atoms with Crippen LogP contribution in [-0.4, -0.2) is 28.9 Å². The Morgan fingerprint density at radius 3 is 2.64 bits per heavy atom. The van der Waals surface area contributed by atoms with Gasteiger partial charge in [-0.3, -0.25) is 15.0 Å². The summed E-state index contributed by atoms with van der Waals surface area (Å²) in [6, 6.07) is 4.74. The van der Waals surface area contributed by atoms with E-state index in [1.807, 2.05) is 5.38 Å². The number of nitrogens with one attached hydrogen (secondary N) is 1. The number of carbonyl (C=O) groups is 1. The second kappa shape index (κ2) is 7.53. The van der Waals surface area contributed by atoms with Gasteiger partial charge in [-0.05, 0) is 38.1 Å². The van der Waals surface area contributed by atoms with Crippen LogP contribution in [0.15, 0.2) is 29.6 Å². The standard InChI is InChI=1S/C17H18F3N3OS/c18-17(19,20)14-7-3-2-6-13(14)15(24)22-16-21-12(11-25-16)10-23-8-4-1-5-9-23/h2-3,6-7,11H,1,4-5,8-10H2,(H,21,22,24). The molecule has 25 heavy (non-hydrogen) atoms. The van der Waals surface area contributed by atoms with Gasteiger partial charge in [-0.2, -0.15) is 13.2 Å². The third-order valence-electron chi connectivity index (χ3n) is 4.08. The molecule has 0 spiro atoms. The number of likely N-dealkylation sites (tertiary alicyclic amines) is 1. The SMILES string of the molecule is O=C(Nc1nc(CN2CCCCC2)cs1)c1ccccc1C(F)(F)F. The van der Waals surface area contributed by atoms with Crippen molar-refractivity contribution in [3.05, 3.63) is 46.5 Å². The van der Waals surface area contributed by atoms with Gasteiger partial charge >= 0.3 is 6.18 Å². The van der Waals surface area contributed by atoms with Crippen molar-refractivity contribution in [1.82, 2.24) is 9.88 Å². The summed E-state index contributed by atoms with van der Waals surface area (Å²) < 4.78 is 39.0. The van der Waals surface area contributed by atoms with Crippen LogP contribution in [-0.2, 0) is 12.7 Å². The van der Waals surface area contributed by atoms with Crippen LogP contribution in [0.4, 0.5) is 18.3 Å². The van der Waals surface area contributed by atoms with Crippen LogP contribution in [0, 0.1) is 0 Å². The monoisotopic (exact) mass is 369 g/mol. The summed E-state index contributed by atoms with van der Waals surface area (Å²) in [6.45, 7) is 2.75. The van der Waals surface area contributed by atoms with Crippen molar-refractivity contribution in [2.24, 2.45) is 0 Å². The molecule has 0 bridgehead atoms. The Balaban J connectivity index is 1.68. The van der Waals surface area contributed by atoms with E-state index in [4.69, 9.17) is 0 Å². The fourth-order valence-electron chi connectivity index (χ4n) is 2.88. The number of halogens is 3. The summed E-state index contributed by atoms with van der Waals surface area (Å²) in [7, 11) is 0. The van der Waals surface area contributed by atoms with Gasteiger partial charge in [0.15, 0.2) is 5.13 Å². The van der Waals surface area contributed by atoms with Gasteiger partial charge in [-0.15, -0.1) is 11.3 Å². The zero-order valence-electron chi connectivity index (χ0n) is 13.5. The molecule has 0 atom stereocenters. The van der Waals surface area contributed by atoms with Crippen molar-refractivity contribution in [2.45, 2.75) is 32.0 Å². The van der Waals surface area contributed by atoms with Gasteiger partial charge in [0.1, 0.15) is 0 Å². The summed E-state index contributed by atoms with van der Waals surface area (Å²) in [5.74, 6) is -0.799. The second-order valence-electron chi connectivity index (χ2n) is 5.98. The molecule has 3 rings (SSSR count). The minimum Gasteiger partial charge on any atom is -0.298 e. The zero-order valence-corrected chi connectivity index (χ0v) is 14.3. The van der Waals surface area contributed by atoms with E-state index >= 15 is 0 Å². The van der Waals surface area contributed by atoms with Gasteiger partial charge in [-0.25, -0.2) is 4.98 Å². The Morgan fingerprint density at radius 2 is 1.92 bits per heavy atom. The molecule has 134 valence electrons. The van der Waals surface area contributed by atoms with Crippen molar-refractivity contribution < 1.29 is 18.0 Å². The zero-order chi connectivity index (χ0) is 17.9. The first-order valence-electron chi connectivity index (χ1n) is 8.08. The number of aromatic nitrogens is 1. The molecule has 1 amide bonds. The molecule has 2 aromatic rings. The molecule has 1 aliphatic heterocycles. The third-order valence-corrected chi connectivity index (χ3v) is 4.89. The first-order valence-corrected chi connectivity index (χ1v) is 8.96. The predicted molar refractivity (Wildman–Crippen MR) is 90.6 cm³/mol. The number of nitrogens with zero attached hydrogens (tertiary/aromatic N) is 2. The summed E-state index contributed by atoms with van der Waals surface area (Å²) in [5, 5.41) is 4.63. The first-order chi connectivity index (χ1) is 11.9. The van der Waals surface area contributed by atoms with Crippen LogP contribution >= 0.6 is 11.3 Å². The molecule has 0 radical (unpaired) electrons. The lowest BCUT2D eigenvalue weighted by atomic mass is 10.1. The van der Waals surface area contributed by atoms with Crippen molar-refractivity contribution in [2.75, 3.05) is 18.4 Å². The molecule has 0 aliphatic carbocycles. The van der Waals surface area contributed by atoms with Crippen LogP contribution in [0.2, 0.25) is 0 Å². The highest BCUT2D eigenvalue weighted by Crippen LogP contribution is 2.32. The fraction of sp³-hybridized carbons (Fsp3) is 0.412. The lowest BCUT2D eigenvalue weighted by Gasteiger charge is -2.25. The highest BCUT2D eigenvalue weighted by molar-refractivity contribution is 7.14. The van der Waals surface area contributed by atoms with Crippen molar-refractivity contribution in [1.29, 1.82) is 0 Å². The summed E-state index contributed by atoms with van der Waals surface area (Å²) in [6.07, 6.45) is -0.992. The van der Waals surface area contributed by atoms with E-state index in [-0.39, 0.29) is 0 Å². The van der Waals surface area contributed by atoms with Crippen LogP contribution in [0.5, 0.6) is 0 Å². The minimum atomic E-state index is -4.57. The Labute approximate surface area is 147 Å². The Morgan fingerprint density at radius 1 is 1.20 bits per heavy atom. The van der Waals surface area contributed by atoms with E-state index in [1.54, 1.807) is 0 Å². The number of anilines is 1.